The van der Waals surface area contributed by atoms with Crippen LogP contribution in [-0.4, -0.2) is 45.2 Å². The number of carbonyl (C=O) groups excluding carboxylic acids is 1. The van der Waals surface area contributed by atoms with E-state index in [1.54, 1.807) is 17.0 Å². The Bertz CT molecular complexity index is 535. The molecular formula is C13H19NO4S. The molecule has 0 saturated carbocycles. The first kappa shape index (κ1) is 15.5. The van der Waals surface area contributed by atoms with Gasteiger partial charge in [-0.2, -0.15) is 0 Å². The monoisotopic (exact) mass is 285 g/mol. The Kier molecular flexibility index (Phi) is 5.35. The summed E-state index contributed by atoms with van der Waals surface area (Å²) < 4.78 is 28.1. The summed E-state index contributed by atoms with van der Waals surface area (Å²) in [5.74, 6) is 0.262. The zero-order valence-electron chi connectivity index (χ0n) is 11.4. The van der Waals surface area contributed by atoms with Crippen LogP contribution in [0.2, 0.25) is 0 Å². The van der Waals surface area contributed by atoms with Gasteiger partial charge in [-0.25, -0.2) is 8.42 Å². The number of amides is 1. The molecule has 0 spiro atoms. The van der Waals surface area contributed by atoms with E-state index in [0.717, 1.165) is 6.26 Å². The largest absolute Gasteiger partial charge is 0.484 e. The molecule has 0 bridgehead atoms. The summed E-state index contributed by atoms with van der Waals surface area (Å²) in [6.45, 7) is 4.95. The van der Waals surface area contributed by atoms with Crippen molar-refractivity contribution in [1.82, 2.24) is 4.90 Å². The number of hydrogen-bond donors (Lipinski definition) is 0. The lowest BCUT2D eigenvalue weighted by Gasteiger charge is -2.18. The number of benzene rings is 1. The molecule has 0 aromatic heterocycles. The number of hydrogen-bond acceptors (Lipinski definition) is 4. The van der Waals surface area contributed by atoms with Crippen LogP contribution >= 0.6 is 0 Å². The van der Waals surface area contributed by atoms with Crippen LogP contribution in [-0.2, 0) is 14.6 Å². The Labute approximate surface area is 114 Å². The Morgan fingerprint density at radius 1 is 1.26 bits per heavy atom. The minimum absolute atomic E-state index is 0.0884. The van der Waals surface area contributed by atoms with Gasteiger partial charge in [-0.15, -0.1) is 0 Å². The predicted molar refractivity (Wildman–Crippen MR) is 73.0 cm³/mol. The molecule has 0 saturated heterocycles. The molecule has 1 rings (SSSR count). The third-order valence-electron chi connectivity index (χ3n) is 2.71. The lowest BCUT2D eigenvalue weighted by molar-refractivity contribution is -0.132. The van der Waals surface area contributed by atoms with Gasteiger partial charge in [0.15, 0.2) is 16.4 Å². The van der Waals surface area contributed by atoms with E-state index in [9.17, 15) is 13.2 Å². The third-order valence-corrected chi connectivity index (χ3v) is 3.82. The second-order valence-electron chi connectivity index (χ2n) is 4.10. The van der Waals surface area contributed by atoms with Crippen LogP contribution in [0.15, 0.2) is 29.2 Å². The molecule has 0 N–H and O–H groups in total. The van der Waals surface area contributed by atoms with Crippen molar-refractivity contribution in [2.75, 3.05) is 26.0 Å². The van der Waals surface area contributed by atoms with Crippen molar-refractivity contribution in [2.24, 2.45) is 0 Å². The second-order valence-corrected chi connectivity index (χ2v) is 6.12. The van der Waals surface area contributed by atoms with Gasteiger partial charge in [-0.05, 0) is 32.0 Å². The SMILES string of the molecule is CCN(CC)C(=O)COc1cccc(S(C)(=O)=O)c1. The Morgan fingerprint density at radius 2 is 1.89 bits per heavy atom. The normalized spacial score (nSPS) is 11.1. The van der Waals surface area contributed by atoms with Gasteiger partial charge >= 0.3 is 0 Å². The highest BCUT2D eigenvalue weighted by atomic mass is 32.2. The Balaban J connectivity index is 2.71. The van der Waals surface area contributed by atoms with E-state index in [-0.39, 0.29) is 17.4 Å². The molecule has 0 atom stereocenters. The van der Waals surface area contributed by atoms with Crippen LogP contribution in [0.1, 0.15) is 13.8 Å². The number of ether oxygens (including phenoxy) is 1. The average Bonchev–Trinajstić information content (AvgIpc) is 2.37. The maximum absolute atomic E-state index is 11.7. The summed E-state index contributed by atoms with van der Waals surface area (Å²) in [4.78, 5) is 13.6. The molecule has 0 aliphatic heterocycles. The van der Waals surface area contributed by atoms with Crippen LogP contribution in [0.3, 0.4) is 0 Å². The van der Waals surface area contributed by atoms with Crippen LogP contribution in [0.5, 0.6) is 5.75 Å². The maximum atomic E-state index is 11.7. The maximum Gasteiger partial charge on any atom is 0.260 e. The molecule has 5 nitrogen and oxygen atoms in total. The van der Waals surface area contributed by atoms with E-state index < -0.39 is 9.84 Å². The molecule has 0 fully saturated rings. The lowest BCUT2D eigenvalue weighted by atomic mass is 10.3. The second kappa shape index (κ2) is 6.56. The van der Waals surface area contributed by atoms with Crippen molar-refractivity contribution in [3.63, 3.8) is 0 Å². The molecule has 1 aromatic rings. The van der Waals surface area contributed by atoms with Crippen molar-refractivity contribution in [2.45, 2.75) is 18.7 Å². The zero-order chi connectivity index (χ0) is 14.5. The van der Waals surface area contributed by atoms with Gasteiger partial charge < -0.3 is 9.64 Å². The Hall–Kier alpha value is -1.56. The summed E-state index contributed by atoms with van der Waals surface area (Å²) in [5, 5.41) is 0. The summed E-state index contributed by atoms with van der Waals surface area (Å²) >= 11 is 0. The summed E-state index contributed by atoms with van der Waals surface area (Å²) in [7, 11) is -3.26. The van der Waals surface area contributed by atoms with Crippen LogP contribution in [0, 0.1) is 0 Å². The van der Waals surface area contributed by atoms with Crippen molar-refractivity contribution in [1.29, 1.82) is 0 Å². The van der Waals surface area contributed by atoms with Crippen LogP contribution in [0.25, 0.3) is 0 Å². The topological polar surface area (TPSA) is 63.7 Å². The zero-order valence-corrected chi connectivity index (χ0v) is 12.2. The molecular weight excluding hydrogens is 266 g/mol. The molecule has 106 valence electrons. The molecule has 0 aliphatic rings. The fraction of sp³-hybridized carbons (Fsp3) is 0.462. The van der Waals surface area contributed by atoms with E-state index in [4.69, 9.17) is 4.74 Å². The van der Waals surface area contributed by atoms with Gasteiger partial charge in [0.05, 0.1) is 4.90 Å². The molecule has 0 radical (unpaired) electrons. The standard InChI is InChI=1S/C13H19NO4S/c1-4-14(5-2)13(15)10-18-11-7-6-8-12(9-11)19(3,16)17/h6-9H,4-5,10H2,1-3H3. The fourth-order valence-electron chi connectivity index (χ4n) is 1.61. The highest BCUT2D eigenvalue weighted by molar-refractivity contribution is 7.90. The van der Waals surface area contributed by atoms with Crippen molar-refractivity contribution >= 4 is 15.7 Å². The first-order valence-electron chi connectivity index (χ1n) is 6.09. The molecule has 0 unspecified atom stereocenters. The first-order valence-corrected chi connectivity index (χ1v) is 7.98. The van der Waals surface area contributed by atoms with E-state index >= 15 is 0 Å². The van der Waals surface area contributed by atoms with E-state index in [2.05, 4.69) is 0 Å². The van der Waals surface area contributed by atoms with E-state index in [1.807, 2.05) is 13.8 Å². The number of nitrogens with zero attached hydrogens (tertiary/aromatic N) is 1. The smallest absolute Gasteiger partial charge is 0.260 e. The van der Waals surface area contributed by atoms with E-state index in [1.165, 1.54) is 12.1 Å². The van der Waals surface area contributed by atoms with Gasteiger partial charge in [0.25, 0.3) is 5.91 Å². The van der Waals surface area contributed by atoms with Crippen molar-refractivity contribution in [3.05, 3.63) is 24.3 Å². The van der Waals surface area contributed by atoms with Gasteiger partial charge in [0, 0.05) is 19.3 Å². The predicted octanol–water partition coefficient (Wildman–Crippen LogP) is 1.34. The first-order chi connectivity index (χ1) is 8.88. The summed E-state index contributed by atoms with van der Waals surface area (Å²) in [6.07, 6.45) is 1.13. The van der Waals surface area contributed by atoms with Crippen LogP contribution < -0.4 is 4.74 Å². The summed E-state index contributed by atoms with van der Waals surface area (Å²) in [5.41, 5.74) is 0. The highest BCUT2D eigenvalue weighted by Crippen LogP contribution is 2.17. The van der Waals surface area contributed by atoms with Gasteiger partial charge in [-0.3, -0.25) is 4.79 Å². The van der Waals surface area contributed by atoms with Crippen molar-refractivity contribution in [3.8, 4) is 5.75 Å². The lowest BCUT2D eigenvalue weighted by Crippen LogP contribution is -2.34. The quantitative estimate of drug-likeness (QED) is 0.791. The van der Waals surface area contributed by atoms with Gasteiger partial charge in [0.2, 0.25) is 0 Å². The number of likely N-dealkylation sites (N-methyl/N-ethyl adjacent to an activating group) is 1. The average molecular weight is 285 g/mol. The molecule has 1 aromatic carbocycles. The van der Waals surface area contributed by atoms with Gasteiger partial charge in [-0.1, -0.05) is 6.07 Å². The number of rotatable bonds is 6. The van der Waals surface area contributed by atoms with Crippen LogP contribution in [0.4, 0.5) is 0 Å². The molecule has 1 amide bonds. The van der Waals surface area contributed by atoms with Gasteiger partial charge in [0.1, 0.15) is 5.75 Å². The minimum Gasteiger partial charge on any atom is -0.484 e. The minimum atomic E-state index is -3.26. The third kappa shape index (κ3) is 4.55. The number of sulfone groups is 1. The summed E-state index contributed by atoms with van der Waals surface area (Å²) in [6, 6.07) is 6.14. The molecule has 0 heterocycles. The molecule has 19 heavy (non-hydrogen) atoms. The van der Waals surface area contributed by atoms with Crippen molar-refractivity contribution < 1.29 is 17.9 Å². The molecule has 0 aliphatic carbocycles. The fourth-order valence-corrected chi connectivity index (χ4v) is 2.26. The Morgan fingerprint density at radius 3 is 2.42 bits per heavy atom. The highest BCUT2D eigenvalue weighted by Gasteiger charge is 2.11. The number of carbonyl (C=O) groups is 1. The van der Waals surface area contributed by atoms with E-state index in [0.29, 0.717) is 18.8 Å². The molecule has 6 heteroatoms.